The van der Waals surface area contributed by atoms with E-state index in [4.69, 9.17) is 22.1 Å². The van der Waals surface area contributed by atoms with E-state index in [1.807, 2.05) is 20.0 Å². The van der Waals surface area contributed by atoms with Gasteiger partial charge in [0.2, 0.25) is 0 Å². The highest BCUT2D eigenvalue weighted by molar-refractivity contribution is 6.30. The SMILES string of the molecule is Cc1cn2cc(NC(=O)c3ccc(NC[C@H](C)N)c4nccnc34)cc(Oc3ncc(Cl)cn3)c2n1. The van der Waals surface area contributed by atoms with Crippen molar-refractivity contribution >= 4 is 45.6 Å². The Morgan fingerprint density at radius 2 is 1.89 bits per heavy atom. The second-order valence-corrected chi connectivity index (χ2v) is 8.66. The van der Waals surface area contributed by atoms with Crippen molar-refractivity contribution in [3.05, 3.63) is 71.7 Å². The number of halogens is 1. The summed E-state index contributed by atoms with van der Waals surface area (Å²) in [5.74, 6) is 0.00690. The molecule has 4 aromatic heterocycles. The van der Waals surface area contributed by atoms with Gasteiger partial charge in [-0.1, -0.05) is 11.6 Å². The van der Waals surface area contributed by atoms with Crippen LogP contribution in [0.25, 0.3) is 16.7 Å². The molecule has 0 radical (unpaired) electrons. The molecule has 4 N–H and O–H groups in total. The van der Waals surface area contributed by atoms with Gasteiger partial charge in [-0.25, -0.2) is 15.0 Å². The van der Waals surface area contributed by atoms with E-state index in [0.29, 0.717) is 45.2 Å². The molecule has 0 saturated carbocycles. The number of carbonyl (C=O) groups is 1. The van der Waals surface area contributed by atoms with Crippen molar-refractivity contribution in [2.45, 2.75) is 19.9 Å². The Hall–Kier alpha value is -4.35. The third-order valence-electron chi connectivity index (χ3n) is 5.18. The fraction of sp³-hybridized carbons (Fsp3) is 0.167. The fourth-order valence-corrected chi connectivity index (χ4v) is 3.73. The first kappa shape index (κ1) is 23.4. The van der Waals surface area contributed by atoms with Crippen LogP contribution in [0.5, 0.6) is 11.8 Å². The van der Waals surface area contributed by atoms with E-state index in [1.54, 1.807) is 41.2 Å². The van der Waals surface area contributed by atoms with Crippen LogP contribution in [0.2, 0.25) is 5.02 Å². The number of carbonyl (C=O) groups excluding carboxylic acids is 1. The first-order valence-corrected chi connectivity index (χ1v) is 11.4. The summed E-state index contributed by atoms with van der Waals surface area (Å²) in [5, 5.41) is 6.56. The number of nitrogens with two attached hydrogens (primary N) is 1. The maximum Gasteiger partial charge on any atom is 0.322 e. The average Bonchev–Trinajstić information content (AvgIpc) is 3.24. The van der Waals surface area contributed by atoms with Gasteiger partial charge in [0.25, 0.3) is 5.91 Å². The second kappa shape index (κ2) is 9.72. The van der Waals surface area contributed by atoms with Gasteiger partial charge in [0.05, 0.1) is 40.0 Å². The van der Waals surface area contributed by atoms with Crippen LogP contribution >= 0.6 is 11.6 Å². The van der Waals surface area contributed by atoms with Crippen molar-refractivity contribution in [2.75, 3.05) is 17.2 Å². The fourth-order valence-electron chi connectivity index (χ4n) is 3.64. The number of hydrogen-bond donors (Lipinski definition) is 3. The number of aryl methyl sites for hydroxylation is 1. The standard InChI is InChI=1S/C24H22ClN9O2/c1-13(26)8-29-18-4-3-17(20-21(18)28-6-5-27-20)23(35)33-16-7-19(22-32-14(2)11-34(22)12-16)36-24-30-9-15(25)10-31-24/h3-7,9-13,29H,8,26H2,1-2H3,(H,33,35)/t13-/m0/s1. The van der Waals surface area contributed by atoms with Gasteiger partial charge in [0.15, 0.2) is 11.4 Å². The summed E-state index contributed by atoms with van der Waals surface area (Å²) >= 11 is 5.87. The van der Waals surface area contributed by atoms with Crippen LogP contribution in [0, 0.1) is 6.92 Å². The minimum Gasteiger partial charge on any atom is -0.420 e. The Bertz CT molecular complexity index is 1570. The topological polar surface area (TPSA) is 145 Å². The normalized spacial score (nSPS) is 12.0. The summed E-state index contributed by atoms with van der Waals surface area (Å²) in [5.41, 5.74) is 9.83. The number of fused-ring (bicyclic) bond motifs is 2. The molecule has 11 nitrogen and oxygen atoms in total. The van der Waals surface area contributed by atoms with Crippen LogP contribution < -0.4 is 21.1 Å². The van der Waals surface area contributed by atoms with Crippen LogP contribution in [0.1, 0.15) is 23.0 Å². The zero-order valence-corrected chi connectivity index (χ0v) is 20.2. The third-order valence-corrected chi connectivity index (χ3v) is 5.37. The Labute approximate surface area is 210 Å². The number of aromatic nitrogens is 6. The van der Waals surface area contributed by atoms with Crippen LogP contribution in [0.3, 0.4) is 0 Å². The van der Waals surface area contributed by atoms with Crippen LogP contribution in [0.15, 0.2) is 55.4 Å². The van der Waals surface area contributed by atoms with Crippen LogP contribution in [-0.4, -0.2) is 47.8 Å². The highest BCUT2D eigenvalue weighted by Crippen LogP contribution is 2.29. The molecule has 4 heterocycles. The highest BCUT2D eigenvalue weighted by Gasteiger charge is 2.17. The van der Waals surface area contributed by atoms with Crippen molar-refractivity contribution in [2.24, 2.45) is 5.73 Å². The maximum absolute atomic E-state index is 13.3. The minimum atomic E-state index is -0.357. The number of benzene rings is 1. The van der Waals surface area contributed by atoms with Gasteiger partial charge in [0.1, 0.15) is 11.0 Å². The number of pyridine rings is 1. The minimum absolute atomic E-state index is 0.0453. The van der Waals surface area contributed by atoms with Gasteiger partial charge in [-0.15, -0.1) is 0 Å². The first-order chi connectivity index (χ1) is 17.4. The molecule has 0 saturated heterocycles. The molecule has 0 aliphatic carbocycles. The van der Waals surface area contributed by atoms with E-state index >= 15 is 0 Å². The summed E-state index contributed by atoms with van der Waals surface area (Å²) < 4.78 is 7.62. The first-order valence-electron chi connectivity index (χ1n) is 11.1. The molecule has 0 fully saturated rings. The van der Waals surface area contributed by atoms with E-state index in [9.17, 15) is 4.79 Å². The summed E-state index contributed by atoms with van der Waals surface area (Å²) in [4.78, 5) is 34.8. The zero-order valence-electron chi connectivity index (χ0n) is 19.4. The predicted octanol–water partition coefficient (Wildman–Crippen LogP) is 3.83. The Kier molecular flexibility index (Phi) is 6.32. The number of nitrogens with one attached hydrogen (secondary N) is 2. The van der Waals surface area contributed by atoms with Crippen LogP contribution in [-0.2, 0) is 0 Å². The Morgan fingerprint density at radius 1 is 1.14 bits per heavy atom. The number of anilines is 2. The van der Waals surface area contributed by atoms with Crippen molar-refractivity contribution in [1.82, 2.24) is 29.3 Å². The lowest BCUT2D eigenvalue weighted by Crippen LogP contribution is -2.25. The molecule has 1 aromatic carbocycles. The summed E-state index contributed by atoms with van der Waals surface area (Å²) in [6, 6.07) is 5.21. The monoisotopic (exact) mass is 503 g/mol. The lowest BCUT2D eigenvalue weighted by atomic mass is 10.1. The molecule has 0 unspecified atom stereocenters. The van der Waals surface area contributed by atoms with E-state index < -0.39 is 0 Å². The third kappa shape index (κ3) is 4.88. The summed E-state index contributed by atoms with van der Waals surface area (Å²) in [7, 11) is 0. The number of rotatable bonds is 7. The lowest BCUT2D eigenvalue weighted by Gasteiger charge is -2.14. The smallest absolute Gasteiger partial charge is 0.322 e. The number of imidazole rings is 1. The Balaban J connectivity index is 1.48. The molecular weight excluding hydrogens is 482 g/mol. The van der Waals surface area contributed by atoms with Gasteiger partial charge < -0.3 is 25.5 Å². The zero-order chi connectivity index (χ0) is 25.2. The van der Waals surface area contributed by atoms with Gasteiger partial charge in [-0.05, 0) is 26.0 Å². The number of amides is 1. The average molecular weight is 504 g/mol. The van der Waals surface area contributed by atoms with Crippen molar-refractivity contribution < 1.29 is 9.53 Å². The summed E-state index contributed by atoms with van der Waals surface area (Å²) in [6.45, 7) is 4.32. The number of hydrogen-bond acceptors (Lipinski definition) is 9. The maximum atomic E-state index is 13.3. The van der Waals surface area contributed by atoms with Crippen molar-refractivity contribution in [3.8, 4) is 11.8 Å². The molecule has 12 heteroatoms. The van der Waals surface area contributed by atoms with E-state index in [0.717, 1.165) is 11.4 Å². The van der Waals surface area contributed by atoms with E-state index in [2.05, 4.69) is 35.6 Å². The largest absolute Gasteiger partial charge is 0.420 e. The molecule has 1 atom stereocenters. The highest BCUT2D eigenvalue weighted by atomic mass is 35.5. The molecular formula is C24H22ClN9O2. The molecule has 5 rings (SSSR count). The molecule has 182 valence electrons. The number of ether oxygens (including phenoxy) is 1. The van der Waals surface area contributed by atoms with Gasteiger partial charge >= 0.3 is 6.01 Å². The van der Waals surface area contributed by atoms with Gasteiger partial charge in [-0.3, -0.25) is 14.8 Å². The second-order valence-electron chi connectivity index (χ2n) is 8.22. The molecule has 1 amide bonds. The predicted molar refractivity (Wildman–Crippen MR) is 137 cm³/mol. The van der Waals surface area contributed by atoms with Gasteiger partial charge in [-0.2, -0.15) is 0 Å². The lowest BCUT2D eigenvalue weighted by molar-refractivity contribution is 0.102. The van der Waals surface area contributed by atoms with E-state index in [-0.39, 0.29) is 18.0 Å². The molecule has 36 heavy (non-hydrogen) atoms. The molecule has 0 spiro atoms. The quantitative estimate of drug-likeness (QED) is 0.301. The molecule has 0 aliphatic rings. The van der Waals surface area contributed by atoms with Crippen molar-refractivity contribution in [3.63, 3.8) is 0 Å². The van der Waals surface area contributed by atoms with Crippen molar-refractivity contribution in [1.29, 1.82) is 0 Å². The summed E-state index contributed by atoms with van der Waals surface area (Å²) in [6.07, 6.45) is 9.56. The molecule has 5 aromatic rings. The number of nitrogens with zero attached hydrogens (tertiary/aromatic N) is 6. The van der Waals surface area contributed by atoms with Crippen LogP contribution in [0.4, 0.5) is 11.4 Å². The molecule has 0 aliphatic heterocycles. The van der Waals surface area contributed by atoms with E-state index in [1.165, 1.54) is 12.4 Å². The van der Waals surface area contributed by atoms with Gasteiger partial charge in [0, 0.05) is 43.4 Å². The Morgan fingerprint density at radius 3 is 2.64 bits per heavy atom. The molecule has 0 bridgehead atoms.